The number of benzene rings is 1. The minimum atomic E-state index is -0.390. The Labute approximate surface area is 114 Å². The zero-order valence-corrected chi connectivity index (χ0v) is 11.6. The molecule has 1 aromatic carbocycles. The number of nitrogens with two attached hydrogens (primary N) is 1. The third-order valence-electron chi connectivity index (χ3n) is 3.89. The van der Waals surface area contributed by atoms with Crippen molar-refractivity contribution >= 4 is 17.3 Å². The maximum Gasteiger partial charge on any atom is 0.340 e. The molecular formula is C15H22N2O2. The van der Waals surface area contributed by atoms with Gasteiger partial charge in [-0.25, -0.2) is 4.79 Å². The molecule has 1 aromatic rings. The van der Waals surface area contributed by atoms with E-state index in [4.69, 9.17) is 10.5 Å². The van der Waals surface area contributed by atoms with Crippen molar-refractivity contribution in [1.29, 1.82) is 0 Å². The van der Waals surface area contributed by atoms with Crippen LogP contribution in [0.2, 0.25) is 0 Å². The molecule has 1 aliphatic rings. The number of esters is 1. The number of para-hydroxylation sites is 1. The van der Waals surface area contributed by atoms with Gasteiger partial charge in [0.25, 0.3) is 0 Å². The quantitative estimate of drug-likeness (QED) is 0.649. The number of hydrogen-bond donors (Lipinski definition) is 2. The van der Waals surface area contributed by atoms with Gasteiger partial charge in [-0.2, -0.15) is 0 Å². The number of nitrogens with one attached hydrogen (secondary N) is 1. The van der Waals surface area contributed by atoms with Gasteiger partial charge in [-0.15, -0.1) is 0 Å². The fourth-order valence-electron chi connectivity index (χ4n) is 2.60. The van der Waals surface area contributed by atoms with Crippen LogP contribution in [0.25, 0.3) is 0 Å². The Hall–Kier alpha value is -1.71. The maximum atomic E-state index is 11.6. The van der Waals surface area contributed by atoms with E-state index in [1.165, 1.54) is 20.0 Å². The van der Waals surface area contributed by atoms with Crippen LogP contribution in [-0.4, -0.2) is 19.1 Å². The largest absolute Gasteiger partial charge is 0.465 e. The molecule has 0 bridgehead atoms. The molecule has 0 saturated heterocycles. The second kappa shape index (κ2) is 5.95. The van der Waals surface area contributed by atoms with E-state index < -0.39 is 5.97 Å². The maximum absolute atomic E-state index is 11.6. The average Bonchev–Trinajstić information content (AvgIpc) is 2.43. The van der Waals surface area contributed by atoms with E-state index >= 15 is 0 Å². The van der Waals surface area contributed by atoms with Gasteiger partial charge in [0.2, 0.25) is 0 Å². The minimum Gasteiger partial charge on any atom is -0.465 e. The molecule has 4 heteroatoms. The van der Waals surface area contributed by atoms with Crippen molar-refractivity contribution in [3.8, 4) is 0 Å². The monoisotopic (exact) mass is 262 g/mol. The summed E-state index contributed by atoms with van der Waals surface area (Å²) in [5.41, 5.74) is 7.78. The number of nitrogen functional groups attached to an aromatic ring is 1. The molecule has 104 valence electrons. The standard InChI is InChI=1S/C15H22N2O2/c1-10-6-8-11(9-7-10)17-13-5-3-4-12(14(13)16)15(18)19-2/h3-5,10-11,17H,6-9,16H2,1-2H3. The number of ether oxygens (including phenoxy) is 1. The van der Waals surface area contributed by atoms with Crippen molar-refractivity contribution in [2.24, 2.45) is 5.92 Å². The van der Waals surface area contributed by atoms with Crippen molar-refractivity contribution in [3.05, 3.63) is 23.8 Å². The molecule has 0 heterocycles. The van der Waals surface area contributed by atoms with Crippen LogP contribution in [-0.2, 0) is 4.74 Å². The average molecular weight is 262 g/mol. The first-order valence-corrected chi connectivity index (χ1v) is 6.85. The van der Waals surface area contributed by atoms with Crippen LogP contribution < -0.4 is 11.1 Å². The molecule has 1 saturated carbocycles. The zero-order valence-electron chi connectivity index (χ0n) is 11.6. The zero-order chi connectivity index (χ0) is 13.8. The molecule has 0 radical (unpaired) electrons. The summed E-state index contributed by atoms with van der Waals surface area (Å²) in [6, 6.07) is 5.89. The van der Waals surface area contributed by atoms with Crippen LogP contribution in [0.4, 0.5) is 11.4 Å². The SMILES string of the molecule is COC(=O)c1cccc(NC2CCC(C)CC2)c1N. The molecule has 0 aromatic heterocycles. The minimum absolute atomic E-state index is 0.390. The number of carbonyl (C=O) groups excluding carboxylic acids is 1. The van der Waals surface area contributed by atoms with E-state index in [-0.39, 0.29) is 0 Å². The van der Waals surface area contributed by atoms with Crippen molar-refractivity contribution in [2.75, 3.05) is 18.2 Å². The summed E-state index contributed by atoms with van der Waals surface area (Å²) in [4.78, 5) is 11.6. The predicted molar refractivity (Wildman–Crippen MR) is 77.2 cm³/mol. The number of rotatable bonds is 3. The van der Waals surface area contributed by atoms with Gasteiger partial charge < -0.3 is 15.8 Å². The van der Waals surface area contributed by atoms with E-state index in [2.05, 4.69) is 12.2 Å². The van der Waals surface area contributed by atoms with Gasteiger partial charge in [-0.1, -0.05) is 13.0 Å². The van der Waals surface area contributed by atoms with Gasteiger partial charge in [0.05, 0.1) is 24.0 Å². The molecule has 0 aliphatic heterocycles. The van der Waals surface area contributed by atoms with Crippen LogP contribution in [0.1, 0.15) is 43.0 Å². The fourth-order valence-corrected chi connectivity index (χ4v) is 2.60. The summed E-state index contributed by atoms with van der Waals surface area (Å²) in [5.74, 6) is 0.426. The molecule has 2 rings (SSSR count). The first-order valence-electron chi connectivity index (χ1n) is 6.85. The second-order valence-electron chi connectivity index (χ2n) is 5.36. The van der Waals surface area contributed by atoms with Crippen LogP contribution in [0.5, 0.6) is 0 Å². The lowest BCUT2D eigenvalue weighted by atomic mass is 9.87. The molecule has 3 N–H and O–H groups in total. The number of carbonyl (C=O) groups is 1. The number of anilines is 2. The molecule has 0 amide bonds. The highest BCUT2D eigenvalue weighted by molar-refractivity contribution is 5.98. The van der Waals surface area contributed by atoms with Crippen LogP contribution in [0, 0.1) is 5.92 Å². The molecule has 19 heavy (non-hydrogen) atoms. The van der Waals surface area contributed by atoms with Crippen molar-refractivity contribution in [3.63, 3.8) is 0 Å². The first-order chi connectivity index (χ1) is 9.11. The molecule has 0 spiro atoms. The summed E-state index contributed by atoms with van der Waals surface area (Å²) >= 11 is 0. The van der Waals surface area contributed by atoms with Crippen LogP contribution in [0.15, 0.2) is 18.2 Å². The summed E-state index contributed by atoms with van der Waals surface area (Å²) < 4.78 is 4.73. The second-order valence-corrected chi connectivity index (χ2v) is 5.36. The van der Waals surface area contributed by atoms with E-state index in [1.54, 1.807) is 6.07 Å². The van der Waals surface area contributed by atoms with E-state index in [0.717, 1.165) is 24.4 Å². The molecule has 1 aliphatic carbocycles. The first kappa shape index (κ1) is 13.7. The fraction of sp³-hybridized carbons (Fsp3) is 0.533. The molecular weight excluding hydrogens is 240 g/mol. The Morgan fingerprint density at radius 1 is 1.32 bits per heavy atom. The summed E-state index contributed by atoms with van der Waals surface area (Å²) in [5, 5.41) is 3.46. The van der Waals surface area contributed by atoms with Crippen LogP contribution in [0.3, 0.4) is 0 Å². The Balaban J connectivity index is 2.10. The lowest BCUT2D eigenvalue weighted by Gasteiger charge is -2.28. The molecule has 0 atom stereocenters. The lowest BCUT2D eigenvalue weighted by Crippen LogP contribution is -2.25. The van der Waals surface area contributed by atoms with E-state index in [0.29, 0.717) is 17.3 Å². The van der Waals surface area contributed by atoms with Gasteiger partial charge in [0.1, 0.15) is 0 Å². The topological polar surface area (TPSA) is 64.3 Å². The molecule has 4 nitrogen and oxygen atoms in total. The molecule has 1 fully saturated rings. The highest BCUT2D eigenvalue weighted by Crippen LogP contribution is 2.29. The van der Waals surface area contributed by atoms with E-state index in [1.807, 2.05) is 12.1 Å². The highest BCUT2D eigenvalue weighted by Gasteiger charge is 2.20. The van der Waals surface area contributed by atoms with Gasteiger partial charge in [-0.05, 0) is 43.7 Å². The Bertz CT molecular complexity index is 451. The molecule has 0 unspecified atom stereocenters. The third kappa shape index (κ3) is 3.19. The summed E-state index contributed by atoms with van der Waals surface area (Å²) in [6.45, 7) is 2.29. The third-order valence-corrected chi connectivity index (χ3v) is 3.89. The van der Waals surface area contributed by atoms with Crippen LogP contribution >= 0.6 is 0 Å². The van der Waals surface area contributed by atoms with Gasteiger partial charge >= 0.3 is 5.97 Å². The smallest absolute Gasteiger partial charge is 0.340 e. The van der Waals surface area contributed by atoms with Gasteiger partial charge in [0.15, 0.2) is 0 Å². The van der Waals surface area contributed by atoms with Gasteiger partial charge in [-0.3, -0.25) is 0 Å². The van der Waals surface area contributed by atoms with Gasteiger partial charge in [0, 0.05) is 6.04 Å². The Morgan fingerprint density at radius 3 is 2.63 bits per heavy atom. The van der Waals surface area contributed by atoms with Crippen molar-refractivity contribution < 1.29 is 9.53 Å². The summed E-state index contributed by atoms with van der Waals surface area (Å²) in [6.07, 6.45) is 4.80. The summed E-state index contributed by atoms with van der Waals surface area (Å²) in [7, 11) is 1.37. The van der Waals surface area contributed by atoms with E-state index in [9.17, 15) is 4.79 Å². The highest BCUT2D eigenvalue weighted by atomic mass is 16.5. The Morgan fingerprint density at radius 2 is 2.00 bits per heavy atom. The number of methoxy groups -OCH3 is 1. The van der Waals surface area contributed by atoms with Crippen molar-refractivity contribution in [1.82, 2.24) is 0 Å². The van der Waals surface area contributed by atoms with Crippen molar-refractivity contribution in [2.45, 2.75) is 38.6 Å². The normalized spacial score (nSPS) is 22.8. The predicted octanol–water partition coefficient (Wildman–Crippen LogP) is 3.05. The Kier molecular flexibility index (Phi) is 4.30. The number of hydrogen-bond acceptors (Lipinski definition) is 4. The lowest BCUT2D eigenvalue weighted by molar-refractivity contribution is 0.0602.